The van der Waals surface area contributed by atoms with E-state index in [2.05, 4.69) is 0 Å². The monoisotopic (exact) mass is 378 g/mol. The normalized spacial score (nSPS) is 12.8. The largest absolute Gasteiger partial charge is 0.482 e. The fourth-order valence-electron chi connectivity index (χ4n) is 2.98. The van der Waals surface area contributed by atoms with Crippen LogP contribution in [0.4, 0.5) is 4.39 Å². The van der Waals surface area contributed by atoms with Gasteiger partial charge in [0.05, 0.1) is 0 Å². The number of halogens is 1. The van der Waals surface area contributed by atoms with Gasteiger partial charge in [-0.3, -0.25) is 4.79 Å². The summed E-state index contributed by atoms with van der Waals surface area (Å²) in [6.07, 6.45) is -0.166. The number of esters is 1. The Hall–Kier alpha value is -3.14. The summed E-state index contributed by atoms with van der Waals surface area (Å²) < 4.78 is 25.2. The Morgan fingerprint density at radius 3 is 2.29 bits per heavy atom. The Morgan fingerprint density at radius 2 is 1.61 bits per heavy atom. The molecular formula is C24H23FO3. The van der Waals surface area contributed by atoms with E-state index in [1.807, 2.05) is 60.7 Å². The predicted molar refractivity (Wildman–Crippen MR) is 107 cm³/mol. The van der Waals surface area contributed by atoms with Gasteiger partial charge in [0.1, 0.15) is 17.7 Å². The van der Waals surface area contributed by atoms with Crippen LogP contribution in [0.5, 0.6) is 5.75 Å². The molecule has 1 unspecified atom stereocenters. The topological polar surface area (TPSA) is 35.5 Å². The van der Waals surface area contributed by atoms with Crippen molar-refractivity contribution in [1.82, 2.24) is 0 Å². The second-order valence-corrected chi connectivity index (χ2v) is 6.59. The average molecular weight is 378 g/mol. The van der Waals surface area contributed by atoms with Gasteiger partial charge in [0.25, 0.3) is 0 Å². The van der Waals surface area contributed by atoms with Gasteiger partial charge in [-0.2, -0.15) is 0 Å². The molecule has 0 saturated heterocycles. The van der Waals surface area contributed by atoms with E-state index in [0.29, 0.717) is 12.2 Å². The lowest BCUT2D eigenvalue weighted by Crippen LogP contribution is -2.27. The number of hydrogen-bond acceptors (Lipinski definition) is 3. The second-order valence-electron chi connectivity index (χ2n) is 6.59. The van der Waals surface area contributed by atoms with E-state index in [4.69, 9.17) is 9.47 Å². The van der Waals surface area contributed by atoms with E-state index in [1.165, 1.54) is 12.1 Å². The van der Waals surface area contributed by atoms with Gasteiger partial charge in [-0.25, -0.2) is 4.39 Å². The van der Waals surface area contributed by atoms with Crippen molar-refractivity contribution in [2.24, 2.45) is 0 Å². The van der Waals surface area contributed by atoms with Crippen molar-refractivity contribution in [3.63, 3.8) is 0 Å². The molecular weight excluding hydrogens is 355 g/mol. The van der Waals surface area contributed by atoms with E-state index in [9.17, 15) is 9.18 Å². The lowest BCUT2D eigenvalue weighted by molar-refractivity contribution is -0.152. The van der Waals surface area contributed by atoms with E-state index in [1.54, 1.807) is 19.1 Å². The highest BCUT2D eigenvalue weighted by Crippen LogP contribution is 2.27. The summed E-state index contributed by atoms with van der Waals surface area (Å²) in [5.74, 6) is -0.280. The molecule has 0 aliphatic heterocycles. The van der Waals surface area contributed by atoms with Crippen molar-refractivity contribution >= 4 is 5.97 Å². The molecule has 0 aliphatic carbocycles. The van der Waals surface area contributed by atoms with Crippen LogP contribution in [-0.4, -0.2) is 12.1 Å². The number of benzene rings is 3. The Kier molecular flexibility index (Phi) is 6.79. The fraction of sp³-hybridized carbons (Fsp3) is 0.208. The molecule has 3 aromatic carbocycles. The summed E-state index contributed by atoms with van der Waals surface area (Å²) in [4.78, 5) is 12.3. The van der Waals surface area contributed by atoms with Gasteiger partial charge in [-0.1, -0.05) is 66.7 Å². The minimum absolute atomic E-state index is 0.288. The van der Waals surface area contributed by atoms with Crippen molar-refractivity contribution in [3.05, 3.63) is 102 Å². The van der Waals surface area contributed by atoms with Gasteiger partial charge in [0, 0.05) is 12.5 Å². The smallest absolute Gasteiger partial charge is 0.306 e. The Balaban J connectivity index is 1.67. The van der Waals surface area contributed by atoms with Gasteiger partial charge in [0.15, 0.2) is 6.10 Å². The standard InChI is InChI=1S/C24H23FO3/c1-18(27-23(26)16-15-19-9-4-2-5-10-19)24(20-11-6-3-7-12-20)28-22-14-8-13-21(25)17-22/h2-14,17-18,24H,15-16H2,1H3/t18?,24-/m0/s1. The Morgan fingerprint density at radius 1 is 0.929 bits per heavy atom. The van der Waals surface area contributed by atoms with Crippen LogP contribution < -0.4 is 4.74 Å². The number of carbonyl (C=O) groups is 1. The van der Waals surface area contributed by atoms with Crippen LogP contribution >= 0.6 is 0 Å². The third-order valence-electron chi connectivity index (χ3n) is 4.39. The SMILES string of the molecule is CC(OC(=O)CCc1ccccc1)[C@H](Oc1cccc(F)c1)c1ccccc1. The molecule has 0 aromatic heterocycles. The quantitative estimate of drug-likeness (QED) is 0.485. The maximum absolute atomic E-state index is 13.5. The summed E-state index contributed by atoms with van der Waals surface area (Å²) in [6, 6.07) is 25.2. The Labute approximate surface area is 164 Å². The van der Waals surface area contributed by atoms with Gasteiger partial charge < -0.3 is 9.47 Å². The van der Waals surface area contributed by atoms with E-state index in [0.717, 1.165) is 11.1 Å². The van der Waals surface area contributed by atoms with Crippen molar-refractivity contribution in [3.8, 4) is 5.75 Å². The van der Waals surface area contributed by atoms with Crippen LogP contribution in [0, 0.1) is 5.82 Å². The zero-order valence-electron chi connectivity index (χ0n) is 15.8. The van der Waals surface area contributed by atoms with Crippen LogP contribution in [0.2, 0.25) is 0 Å². The number of hydrogen-bond donors (Lipinski definition) is 0. The van der Waals surface area contributed by atoms with Crippen LogP contribution in [0.25, 0.3) is 0 Å². The van der Waals surface area contributed by atoms with Gasteiger partial charge in [-0.15, -0.1) is 0 Å². The van der Waals surface area contributed by atoms with Crippen molar-refractivity contribution in [2.45, 2.75) is 32.0 Å². The zero-order valence-corrected chi connectivity index (χ0v) is 15.8. The molecule has 0 heterocycles. The van der Waals surface area contributed by atoms with E-state index >= 15 is 0 Å². The van der Waals surface area contributed by atoms with Crippen molar-refractivity contribution < 1.29 is 18.7 Å². The maximum atomic E-state index is 13.5. The molecule has 3 aromatic rings. The van der Waals surface area contributed by atoms with Crippen molar-refractivity contribution in [2.75, 3.05) is 0 Å². The summed E-state index contributed by atoms with van der Waals surface area (Å²) >= 11 is 0. The average Bonchev–Trinajstić information content (AvgIpc) is 2.72. The van der Waals surface area contributed by atoms with Crippen LogP contribution in [0.1, 0.15) is 30.6 Å². The molecule has 28 heavy (non-hydrogen) atoms. The lowest BCUT2D eigenvalue weighted by atomic mass is 10.0. The first-order valence-electron chi connectivity index (χ1n) is 9.32. The third-order valence-corrected chi connectivity index (χ3v) is 4.39. The number of aryl methyl sites for hydroxylation is 1. The zero-order chi connectivity index (χ0) is 19.8. The second kappa shape index (κ2) is 9.70. The fourth-order valence-corrected chi connectivity index (χ4v) is 2.98. The molecule has 0 amide bonds. The maximum Gasteiger partial charge on any atom is 0.306 e. The summed E-state index contributed by atoms with van der Waals surface area (Å²) in [7, 11) is 0. The first kappa shape index (κ1) is 19.6. The summed E-state index contributed by atoms with van der Waals surface area (Å²) in [5.41, 5.74) is 1.94. The highest BCUT2D eigenvalue weighted by atomic mass is 19.1. The van der Waals surface area contributed by atoms with Gasteiger partial charge >= 0.3 is 5.97 Å². The van der Waals surface area contributed by atoms with Gasteiger partial charge in [-0.05, 0) is 36.6 Å². The Bertz CT molecular complexity index is 881. The molecule has 144 valence electrons. The molecule has 0 saturated carbocycles. The minimum Gasteiger partial charge on any atom is -0.482 e. The van der Waals surface area contributed by atoms with Crippen LogP contribution in [0.15, 0.2) is 84.9 Å². The first-order chi connectivity index (χ1) is 13.6. The van der Waals surface area contributed by atoms with Gasteiger partial charge in [0.2, 0.25) is 0 Å². The van der Waals surface area contributed by atoms with E-state index < -0.39 is 12.2 Å². The highest BCUT2D eigenvalue weighted by molar-refractivity contribution is 5.70. The molecule has 0 fully saturated rings. The molecule has 0 N–H and O–H groups in total. The molecule has 0 bridgehead atoms. The number of ether oxygens (including phenoxy) is 2. The summed E-state index contributed by atoms with van der Waals surface area (Å²) in [5, 5.41) is 0. The minimum atomic E-state index is -0.538. The highest BCUT2D eigenvalue weighted by Gasteiger charge is 2.25. The molecule has 2 atom stereocenters. The number of rotatable bonds is 8. The predicted octanol–water partition coefficient (Wildman–Crippen LogP) is 5.51. The number of carbonyl (C=O) groups excluding carboxylic acids is 1. The molecule has 3 nitrogen and oxygen atoms in total. The first-order valence-corrected chi connectivity index (χ1v) is 9.32. The molecule has 0 radical (unpaired) electrons. The molecule has 0 spiro atoms. The molecule has 4 heteroatoms. The van der Waals surface area contributed by atoms with Crippen molar-refractivity contribution in [1.29, 1.82) is 0 Å². The van der Waals surface area contributed by atoms with Crippen LogP contribution in [-0.2, 0) is 16.0 Å². The van der Waals surface area contributed by atoms with E-state index in [-0.39, 0.29) is 18.2 Å². The molecule has 3 rings (SSSR count). The lowest BCUT2D eigenvalue weighted by Gasteiger charge is -2.25. The van der Waals surface area contributed by atoms with Crippen LogP contribution in [0.3, 0.4) is 0 Å². The molecule has 0 aliphatic rings. The third kappa shape index (κ3) is 5.68. The summed E-state index contributed by atoms with van der Waals surface area (Å²) in [6.45, 7) is 1.79.